The number of benzene rings is 2. The van der Waals surface area contributed by atoms with Gasteiger partial charge in [0.25, 0.3) is 11.7 Å². The number of ether oxygens (including phenoxy) is 1. The Morgan fingerprint density at radius 1 is 1.09 bits per heavy atom. The lowest BCUT2D eigenvalue weighted by Crippen LogP contribution is -2.31. The molecule has 0 aromatic heterocycles. The quantitative estimate of drug-likeness (QED) is 0.243. The molecule has 1 saturated heterocycles. The van der Waals surface area contributed by atoms with E-state index >= 15 is 0 Å². The van der Waals surface area contributed by atoms with Crippen molar-refractivity contribution in [1.82, 2.24) is 9.21 Å². The summed E-state index contributed by atoms with van der Waals surface area (Å²) >= 11 is 12.2. The first-order valence-electron chi connectivity index (χ1n) is 10.3. The van der Waals surface area contributed by atoms with Gasteiger partial charge in [0.05, 0.1) is 26.6 Å². The standard InChI is InChI=1S/C23H24Cl2N2O6S/c1-26(2)34(31,32)16-8-5-14(6-9-16)21(28)19-20(15-7-10-17(24)18(25)13-15)27(11-4-12-33-3)23(30)22(19)29/h5-10,13,20,28H,4,11-12H2,1-3H3. The number of sulfonamides is 1. The summed E-state index contributed by atoms with van der Waals surface area (Å²) in [6.45, 7) is 0.582. The van der Waals surface area contributed by atoms with E-state index in [4.69, 9.17) is 27.9 Å². The predicted molar refractivity (Wildman–Crippen MR) is 129 cm³/mol. The fourth-order valence-corrected chi connectivity index (χ4v) is 4.88. The van der Waals surface area contributed by atoms with Gasteiger partial charge in [-0.2, -0.15) is 0 Å². The summed E-state index contributed by atoms with van der Waals surface area (Å²) in [7, 11) is 0.674. The molecule has 1 heterocycles. The Labute approximate surface area is 208 Å². The van der Waals surface area contributed by atoms with Crippen LogP contribution in [0.4, 0.5) is 0 Å². The van der Waals surface area contributed by atoms with E-state index in [0.717, 1.165) is 4.31 Å². The van der Waals surface area contributed by atoms with Crippen molar-refractivity contribution in [3.05, 3.63) is 69.2 Å². The summed E-state index contributed by atoms with van der Waals surface area (Å²) < 4.78 is 30.8. The van der Waals surface area contributed by atoms with Crippen LogP contribution >= 0.6 is 23.2 Å². The highest BCUT2D eigenvalue weighted by molar-refractivity contribution is 7.89. The number of methoxy groups -OCH3 is 1. The molecule has 1 N–H and O–H groups in total. The molecule has 1 aliphatic heterocycles. The third-order valence-corrected chi connectivity index (χ3v) is 8.02. The first-order valence-corrected chi connectivity index (χ1v) is 12.5. The molecular weight excluding hydrogens is 503 g/mol. The van der Waals surface area contributed by atoms with Gasteiger partial charge in [0.15, 0.2) is 0 Å². The lowest BCUT2D eigenvalue weighted by atomic mass is 9.95. The molecule has 1 unspecified atom stereocenters. The Hall–Kier alpha value is -2.43. The van der Waals surface area contributed by atoms with Gasteiger partial charge < -0.3 is 14.7 Å². The smallest absolute Gasteiger partial charge is 0.295 e. The van der Waals surface area contributed by atoms with Gasteiger partial charge in [-0.3, -0.25) is 9.59 Å². The highest BCUT2D eigenvalue weighted by Gasteiger charge is 2.46. The number of Topliss-reactive ketones (excluding diaryl/α,β-unsaturated/α-hetero) is 1. The van der Waals surface area contributed by atoms with Crippen molar-refractivity contribution >= 4 is 50.7 Å². The Bertz CT molecular complexity index is 1240. The summed E-state index contributed by atoms with van der Waals surface area (Å²) in [4.78, 5) is 27.3. The van der Waals surface area contributed by atoms with E-state index in [1.807, 2.05) is 0 Å². The number of carbonyl (C=O) groups is 2. The van der Waals surface area contributed by atoms with Crippen LogP contribution in [0.3, 0.4) is 0 Å². The monoisotopic (exact) mass is 526 g/mol. The number of amides is 1. The third-order valence-electron chi connectivity index (χ3n) is 5.45. The fourth-order valence-electron chi connectivity index (χ4n) is 3.67. The summed E-state index contributed by atoms with van der Waals surface area (Å²) in [6, 6.07) is 9.25. The number of rotatable bonds is 8. The second-order valence-corrected chi connectivity index (χ2v) is 10.8. The van der Waals surface area contributed by atoms with E-state index < -0.39 is 33.5 Å². The number of hydrogen-bond acceptors (Lipinski definition) is 6. The van der Waals surface area contributed by atoms with E-state index in [1.54, 1.807) is 18.2 Å². The Morgan fingerprint density at radius 3 is 2.29 bits per heavy atom. The largest absolute Gasteiger partial charge is 0.507 e. The molecule has 8 nitrogen and oxygen atoms in total. The number of likely N-dealkylation sites (tertiary alicyclic amines) is 1. The number of halogens is 2. The van der Waals surface area contributed by atoms with Crippen molar-refractivity contribution in [2.45, 2.75) is 17.4 Å². The van der Waals surface area contributed by atoms with E-state index in [1.165, 1.54) is 50.4 Å². The lowest BCUT2D eigenvalue weighted by molar-refractivity contribution is -0.140. The van der Waals surface area contributed by atoms with Crippen LogP contribution in [0.5, 0.6) is 0 Å². The molecule has 0 aliphatic carbocycles. The fraction of sp³-hybridized carbons (Fsp3) is 0.304. The van der Waals surface area contributed by atoms with Crippen molar-refractivity contribution < 1.29 is 27.9 Å². The van der Waals surface area contributed by atoms with Gasteiger partial charge in [-0.05, 0) is 48.4 Å². The highest BCUT2D eigenvalue weighted by Crippen LogP contribution is 2.41. The van der Waals surface area contributed by atoms with Gasteiger partial charge in [0.2, 0.25) is 10.0 Å². The molecule has 34 heavy (non-hydrogen) atoms. The molecule has 0 bridgehead atoms. The van der Waals surface area contributed by atoms with Crippen LogP contribution in [0, 0.1) is 0 Å². The van der Waals surface area contributed by atoms with Gasteiger partial charge in [0, 0.05) is 39.9 Å². The highest BCUT2D eigenvalue weighted by atomic mass is 35.5. The van der Waals surface area contributed by atoms with Crippen molar-refractivity contribution in [3.63, 3.8) is 0 Å². The second kappa shape index (κ2) is 10.5. The summed E-state index contributed by atoms with van der Waals surface area (Å²) in [5, 5.41) is 11.6. The van der Waals surface area contributed by atoms with E-state index in [-0.39, 0.29) is 27.6 Å². The molecule has 1 amide bonds. The molecule has 0 radical (unpaired) electrons. The van der Waals surface area contributed by atoms with Crippen LogP contribution in [0.25, 0.3) is 5.76 Å². The van der Waals surface area contributed by atoms with Gasteiger partial charge in [-0.25, -0.2) is 12.7 Å². The minimum Gasteiger partial charge on any atom is -0.507 e. The van der Waals surface area contributed by atoms with E-state index in [2.05, 4.69) is 0 Å². The number of nitrogens with zero attached hydrogens (tertiary/aromatic N) is 2. The molecule has 1 atom stereocenters. The number of hydrogen-bond donors (Lipinski definition) is 1. The number of aliphatic hydroxyl groups excluding tert-OH is 1. The van der Waals surface area contributed by atoms with Crippen molar-refractivity contribution in [2.24, 2.45) is 0 Å². The minimum absolute atomic E-state index is 0.0232. The molecule has 1 fully saturated rings. The van der Waals surface area contributed by atoms with Crippen molar-refractivity contribution in [2.75, 3.05) is 34.4 Å². The third kappa shape index (κ3) is 4.99. The van der Waals surface area contributed by atoms with Gasteiger partial charge in [0.1, 0.15) is 5.76 Å². The Kier molecular flexibility index (Phi) is 8.05. The summed E-state index contributed by atoms with van der Waals surface area (Å²) in [6.07, 6.45) is 0.471. The summed E-state index contributed by atoms with van der Waals surface area (Å²) in [5.74, 6) is -2.03. The van der Waals surface area contributed by atoms with Crippen molar-refractivity contribution in [3.8, 4) is 0 Å². The minimum atomic E-state index is -3.67. The molecule has 1 aliphatic rings. The zero-order chi connectivity index (χ0) is 25.2. The zero-order valence-corrected chi connectivity index (χ0v) is 21.1. The van der Waals surface area contributed by atoms with Crippen LogP contribution in [-0.4, -0.2) is 68.8 Å². The van der Waals surface area contributed by atoms with Crippen LogP contribution < -0.4 is 0 Å². The zero-order valence-electron chi connectivity index (χ0n) is 18.8. The molecule has 0 saturated carbocycles. The number of aliphatic hydroxyl groups is 1. The molecule has 0 spiro atoms. The van der Waals surface area contributed by atoms with Crippen LogP contribution in [0.15, 0.2) is 52.9 Å². The maximum Gasteiger partial charge on any atom is 0.295 e. The Balaban J connectivity index is 2.12. The first-order chi connectivity index (χ1) is 16.0. The molecule has 2 aromatic carbocycles. The molecule has 182 valence electrons. The van der Waals surface area contributed by atoms with Gasteiger partial charge in [-0.1, -0.05) is 29.3 Å². The molecule has 11 heteroatoms. The number of carbonyl (C=O) groups excluding carboxylic acids is 2. The Morgan fingerprint density at radius 2 is 1.74 bits per heavy atom. The topological polar surface area (TPSA) is 104 Å². The lowest BCUT2D eigenvalue weighted by Gasteiger charge is -2.25. The normalized spacial score (nSPS) is 18.2. The second-order valence-electron chi connectivity index (χ2n) is 7.82. The number of ketones is 1. The maximum absolute atomic E-state index is 13.0. The predicted octanol–water partition coefficient (Wildman–Crippen LogP) is 3.70. The first kappa shape index (κ1) is 26.2. The van der Waals surface area contributed by atoms with E-state index in [9.17, 15) is 23.1 Å². The average molecular weight is 527 g/mol. The molecular formula is C23H24Cl2N2O6S. The van der Waals surface area contributed by atoms with E-state index in [0.29, 0.717) is 23.6 Å². The van der Waals surface area contributed by atoms with Crippen LogP contribution in [0.1, 0.15) is 23.6 Å². The SMILES string of the molecule is COCCCN1C(=O)C(=O)C(=C(O)c2ccc(S(=O)(=O)N(C)C)cc2)C1c1ccc(Cl)c(Cl)c1. The van der Waals surface area contributed by atoms with Gasteiger partial charge >= 0.3 is 0 Å². The molecule has 3 rings (SSSR count). The summed E-state index contributed by atoms with van der Waals surface area (Å²) in [5.41, 5.74) is 0.570. The van der Waals surface area contributed by atoms with Crippen molar-refractivity contribution in [1.29, 1.82) is 0 Å². The average Bonchev–Trinajstić information content (AvgIpc) is 3.05. The van der Waals surface area contributed by atoms with Gasteiger partial charge in [-0.15, -0.1) is 0 Å². The maximum atomic E-state index is 13.0. The van der Waals surface area contributed by atoms with Crippen LogP contribution in [0.2, 0.25) is 10.0 Å². The van der Waals surface area contributed by atoms with Crippen LogP contribution in [-0.2, 0) is 24.3 Å². The molecule has 2 aromatic rings.